The molecule has 0 unspecified atom stereocenters. The van der Waals surface area contributed by atoms with Crippen molar-refractivity contribution in [1.29, 1.82) is 0 Å². The van der Waals surface area contributed by atoms with E-state index < -0.39 is 0 Å². The standard InChI is InChI=1S/C11H20N2S/c1-4-13-11(2,3)9-12-7-10-5-6-14-8-10/h5-6,8,12-13H,4,7,9H2,1-3H3. The maximum Gasteiger partial charge on any atom is 0.0249 e. The molecule has 0 aromatic carbocycles. The van der Waals surface area contributed by atoms with Crippen molar-refractivity contribution >= 4 is 11.3 Å². The number of hydrogen-bond donors (Lipinski definition) is 2. The van der Waals surface area contributed by atoms with Crippen molar-refractivity contribution in [3.63, 3.8) is 0 Å². The van der Waals surface area contributed by atoms with Gasteiger partial charge in [0.1, 0.15) is 0 Å². The summed E-state index contributed by atoms with van der Waals surface area (Å²) >= 11 is 1.75. The van der Waals surface area contributed by atoms with Crippen molar-refractivity contribution in [2.75, 3.05) is 13.1 Å². The quantitative estimate of drug-likeness (QED) is 0.755. The van der Waals surface area contributed by atoms with Crippen molar-refractivity contribution in [1.82, 2.24) is 10.6 Å². The Hall–Kier alpha value is -0.380. The minimum Gasteiger partial charge on any atom is -0.311 e. The molecule has 0 amide bonds. The first kappa shape index (κ1) is 11.7. The lowest BCUT2D eigenvalue weighted by Gasteiger charge is -2.26. The molecule has 3 heteroatoms. The Bertz CT molecular complexity index is 242. The highest BCUT2D eigenvalue weighted by molar-refractivity contribution is 7.07. The summed E-state index contributed by atoms with van der Waals surface area (Å²) in [6.07, 6.45) is 0. The van der Waals surface area contributed by atoms with Crippen LogP contribution in [0.3, 0.4) is 0 Å². The third-order valence-corrected chi connectivity index (χ3v) is 2.86. The van der Waals surface area contributed by atoms with Gasteiger partial charge in [-0.1, -0.05) is 6.92 Å². The van der Waals surface area contributed by atoms with Gasteiger partial charge in [0, 0.05) is 18.6 Å². The Labute approximate surface area is 90.7 Å². The molecule has 0 saturated carbocycles. The molecule has 0 atom stereocenters. The average Bonchev–Trinajstić information content (AvgIpc) is 2.56. The van der Waals surface area contributed by atoms with E-state index in [2.05, 4.69) is 48.2 Å². The summed E-state index contributed by atoms with van der Waals surface area (Å²) in [5.74, 6) is 0. The third-order valence-electron chi connectivity index (χ3n) is 2.13. The van der Waals surface area contributed by atoms with Gasteiger partial charge in [0.2, 0.25) is 0 Å². The lowest BCUT2D eigenvalue weighted by molar-refractivity contribution is 0.373. The van der Waals surface area contributed by atoms with Crippen LogP contribution < -0.4 is 10.6 Å². The smallest absolute Gasteiger partial charge is 0.0249 e. The van der Waals surface area contributed by atoms with Crippen LogP contribution >= 0.6 is 11.3 Å². The van der Waals surface area contributed by atoms with E-state index in [9.17, 15) is 0 Å². The Morgan fingerprint density at radius 3 is 2.79 bits per heavy atom. The van der Waals surface area contributed by atoms with Crippen LogP contribution in [0.15, 0.2) is 16.8 Å². The second-order valence-electron chi connectivity index (χ2n) is 4.15. The fourth-order valence-electron chi connectivity index (χ4n) is 1.45. The lowest BCUT2D eigenvalue weighted by atomic mass is 10.1. The maximum atomic E-state index is 3.46. The van der Waals surface area contributed by atoms with Crippen LogP contribution in [0, 0.1) is 0 Å². The third kappa shape index (κ3) is 4.22. The summed E-state index contributed by atoms with van der Waals surface area (Å²) in [5, 5.41) is 11.2. The van der Waals surface area contributed by atoms with Gasteiger partial charge in [0.25, 0.3) is 0 Å². The van der Waals surface area contributed by atoms with E-state index in [-0.39, 0.29) is 5.54 Å². The van der Waals surface area contributed by atoms with E-state index in [1.54, 1.807) is 11.3 Å². The van der Waals surface area contributed by atoms with E-state index in [1.807, 2.05) is 0 Å². The lowest BCUT2D eigenvalue weighted by Crippen LogP contribution is -2.47. The van der Waals surface area contributed by atoms with E-state index in [1.165, 1.54) is 5.56 Å². The minimum absolute atomic E-state index is 0.185. The molecule has 0 saturated heterocycles. The topological polar surface area (TPSA) is 24.1 Å². The Kier molecular flexibility index (Phi) is 4.58. The van der Waals surface area contributed by atoms with Crippen LogP contribution in [-0.2, 0) is 6.54 Å². The van der Waals surface area contributed by atoms with E-state index in [0.29, 0.717) is 0 Å². The predicted octanol–water partition coefficient (Wildman–Crippen LogP) is 2.23. The summed E-state index contributed by atoms with van der Waals surface area (Å²) in [6, 6.07) is 2.16. The molecule has 2 N–H and O–H groups in total. The van der Waals surface area contributed by atoms with Crippen molar-refractivity contribution in [2.24, 2.45) is 0 Å². The molecule has 1 aromatic heterocycles. The van der Waals surface area contributed by atoms with Gasteiger partial charge in [-0.25, -0.2) is 0 Å². The summed E-state index contributed by atoms with van der Waals surface area (Å²) in [6.45, 7) is 9.57. The molecule has 80 valence electrons. The molecule has 1 rings (SSSR count). The first-order chi connectivity index (χ1) is 6.64. The van der Waals surface area contributed by atoms with Crippen molar-refractivity contribution in [2.45, 2.75) is 32.9 Å². The molecule has 0 fully saturated rings. The van der Waals surface area contributed by atoms with Gasteiger partial charge in [-0.05, 0) is 42.8 Å². The normalized spacial score (nSPS) is 11.9. The maximum absolute atomic E-state index is 3.46. The number of rotatable bonds is 6. The predicted molar refractivity (Wildman–Crippen MR) is 63.8 cm³/mol. The van der Waals surface area contributed by atoms with Gasteiger partial charge in [0.05, 0.1) is 0 Å². The molecule has 0 bridgehead atoms. The highest BCUT2D eigenvalue weighted by atomic mass is 32.1. The summed E-state index contributed by atoms with van der Waals surface area (Å²) in [7, 11) is 0. The van der Waals surface area contributed by atoms with Gasteiger partial charge in [-0.15, -0.1) is 0 Å². The van der Waals surface area contributed by atoms with Crippen LogP contribution in [0.25, 0.3) is 0 Å². The zero-order valence-corrected chi connectivity index (χ0v) is 10.1. The highest BCUT2D eigenvalue weighted by Crippen LogP contribution is 2.06. The molecule has 1 heterocycles. The second-order valence-corrected chi connectivity index (χ2v) is 4.93. The Morgan fingerprint density at radius 2 is 2.21 bits per heavy atom. The zero-order valence-electron chi connectivity index (χ0n) is 9.26. The molecule has 0 aliphatic heterocycles. The van der Waals surface area contributed by atoms with Crippen LogP contribution in [0.2, 0.25) is 0 Å². The Morgan fingerprint density at radius 1 is 1.43 bits per heavy atom. The van der Waals surface area contributed by atoms with Crippen LogP contribution in [-0.4, -0.2) is 18.6 Å². The molecule has 0 aliphatic rings. The van der Waals surface area contributed by atoms with Crippen molar-refractivity contribution in [3.8, 4) is 0 Å². The monoisotopic (exact) mass is 212 g/mol. The number of likely N-dealkylation sites (N-methyl/N-ethyl adjacent to an activating group) is 1. The summed E-state index contributed by atoms with van der Waals surface area (Å²) < 4.78 is 0. The fraction of sp³-hybridized carbons (Fsp3) is 0.636. The largest absolute Gasteiger partial charge is 0.311 e. The minimum atomic E-state index is 0.185. The zero-order chi connectivity index (χ0) is 10.4. The SMILES string of the molecule is CCNC(C)(C)CNCc1ccsc1. The summed E-state index contributed by atoms with van der Waals surface area (Å²) in [5.41, 5.74) is 1.56. The van der Waals surface area contributed by atoms with Crippen LogP contribution in [0.5, 0.6) is 0 Å². The van der Waals surface area contributed by atoms with Crippen LogP contribution in [0.1, 0.15) is 26.3 Å². The highest BCUT2D eigenvalue weighted by Gasteiger charge is 2.14. The first-order valence-corrected chi connectivity index (χ1v) is 6.05. The fourth-order valence-corrected chi connectivity index (χ4v) is 2.12. The molecule has 0 radical (unpaired) electrons. The summed E-state index contributed by atoms with van der Waals surface area (Å²) in [4.78, 5) is 0. The van der Waals surface area contributed by atoms with Gasteiger partial charge in [0.15, 0.2) is 0 Å². The molecule has 1 aromatic rings. The van der Waals surface area contributed by atoms with Gasteiger partial charge < -0.3 is 10.6 Å². The van der Waals surface area contributed by atoms with Gasteiger partial charge >= 0.3 is 0 Å². The molecule has 0 aliphatic carbocycles. The van der Waals surface area contributed by atoms with Crippen molar-refractivity contribution < 1.29 is 0 Å². The number of nitrogens with one attached hydrogen (secondary N) is 2. The second kappa shape index (κ2) is 5.49. The van der Waals surface area contributed by atoms with Crippen LogP contribution in [0.4, 0.5) is 0 Å². The van der Waals surface area contributed by atoms with Gasteiger partial charge in [-0.2, -0.15) is 11.3 Å². The molecular weight excluding hydrogens is 192 g/mol. The molecular formula is C11H20N2S. The average molecular weight is 212 g/mol. The van der Waals surface area contributed by atoms with Crippen molar-refractivity contribution in [3.05, 3.63) is 22.4 Å². The number of hydrogen-bond acceptors (Lipinski definition) is 3. The van der Waals surface area contributed by atoms with Gasteiger partial charge in [-0.3, -0.25) is 0 Å². The first-order valence-electron chi connectivity index (χ1n) is 5.11. The van der Waals surface area contributed by atoms with E-state index in [4.69, 9.17) is 0 Å². The molecule has 14 heavy (non-hydrogen) atoms. The molecule has 0 spiro atoms. The number of thiophene rings is 1. The van der Waals surface area contributed by atoms with E-state index in [0.717, 1.165) is 19.6 Å². The Balaban J connectivity index is 2.20. The molecule has 2 nitrogen and oxygen atoms in total. The van der Waals surface area contributed by atoms with E-state index >= 15 is 0 Å².